The van der Waals surface area contributed by atoms with E-state index in [1.165, 1.54) is 10.6 Å². The summed E-state index contributed by atoms with van der Waals surface area (Å²) in [6.07, 6.45) is 3.16. The fourth-order valence-electron chi connectivity index (χ4n) is 3.51. The molecule has 0 saturated heterocycles. The van der Waals surface area contributed by atoms with Gasteiger partial charge in [-0.1, -0.05) is 45.7 Å². The van der Waals surface area contributed by atoms with E-state index in [0.29, 0.717) is 27.4 Å². The lowest BCUT2D eigenvalue weighted by Crippen LogP contribution is -2.38. The maximum Gasteiger partial charge on any atom is 0.266 e. The van der Waals surface area contributed by atoms with Crippen molar-refractivity contribution >= 4 is 56.1 Å². The summed E-state index contributed by atoms with van der Waals surface area (Å²) < 4.78 is 2.27. The Labute approximate surface area is 216 Å². The van der Waals surface area contributed by atoms with E-state index in [1.54, 1.807) is 42.5 Å². The molecule has 1 heterocycles. The van der Waals surface area contributed by atoms with Crippen LogP contribution in [0.1, 0.15) is 11.4 Å². The number of hydrazine groups is 1. The van der Waals surface area contributed by atoms with Gasteiger partial charge in [0.2, 0.25) is 0 Å². The average molecular weight is 553 g/mol. The van der Waals surface area contributed by atoms with Crippen LogP contribution in [0.15, 0.2) is 82.1 Å². The summed E-state index contributed by atoms with van der Waals surface area (Å²) in [5, 5.41) is 0.968. The molecule has 0 aliphatic carbocycles. The molecule has 0 aliphatic heterocycles. The smallest absolute Gasteiger partial charge is 0.266 e. The zero-order valence-electron chi connectivity index (χ0n) is 19.1. The van der Waals surface area contributed by atoms with Gasteiger partial charge >= 0.3 is 0 Å². The molecule has 0 spiro atoms. The third kappa shape index (κ3) is 5.97. The highest BCUT2D eigenvalue weighted by atomic mass is 79.9. The molecule has 4 aromatic rings. The van der Waals surface area contributed by atoms with E-state index in [0.717, 1.165) is 15.7 Å². The van der Waals surface area contributed by atoms with Gasteiger partial charge in [-0.2, -0.15) is 0 Å². The number of carbonyl (C=O) groups excluding carboxylic acids is 1. The van der Waals surface area contributed by atoms with Gasteiger partial charge < -0.3 is 4.90 Å². The van der Waals surface area contributed by atoms with E-state index in [9.17, 15) is 9.59 Å². The fourth-order valence-corrected chi connectivity index (χ4v) is 4.06. The first-order chi connectivity index (χ1) is 16.8. The van der Waals surface area contributed by atoms with Crippen LogP contribution in [0.2, 0.25) is 5.02 Å². The van der Waals surface area contributed by atoms with Crippen LogP contribution in [-0.2, 0) is 11.3 Å². The van der Waals surface area contributed by atoms with Crippen molar-refractivity contribution in [1.82, 2.24) is 20.4 Å². The highest BCUT2D eigenvalue weighted by molar-refractivity contribution is 9.10. The third-order valence-corrected chi connectivity index (χ3v) is 5.99. The van der Waals surface area contributed by atoms with Crippen molar-refractivity contribution in [2.75, 3.05) is 19.0 Å². The van der Waals surface area contributed by atoms with E-state index in [2.05, 4.69) is 31.8 Å². The van der Waals surface area contributed by atoms with Crippen LogP contribution < -0.4 is 21.3 Å². The lowest BCUT2D eigenvalue weighted by molar-refractivity contribution is -0.117. The first-order valence-corrected chi connectivity index (χ1v) is 11.9. The number of hydrogen-bond donors (Lipinski definition) is 2. The second-order valence-corrected chi connectivity index (χ2v) is 9.32. The zero-order valence-corrected chi connectivity index (χ0v) is 21.5. The summed E-state index contributed by atoms with van der Waals surface area (Å²) in [5.41, 5.74) is 8.38. The van der Waals surface area contributed by atoms with E-state index < -0.39 is 0 Å². The predicted molar refractivity (Wildman–Crippen MR) is 145 cm³/mol. The topological polar surface area (TPSA) is 79.3 Å². The second-order valence-electron chi connectivity index (χ2n) is 7.97. The van der Waals surface area contributed by atoms with Crippen molar-refractivity contribution < 1.29 is 4.79 Å². The van der Waals surface area contributed by atoms with E-state index in [4.69, 9.17) is 11.6 Å². The third-order valence-electron chi connectivity index (χ3n) is 5.26. The lowest BCUT2D eigenvalue weighted by atomic mass is 10.2. The molecule has 9 heteroatoms. The van der Waals surface area contributed by atoms with Crippen LogP contribution in [0.25, 0.3) is 22.7 Å². The van der Waals surface area contributed by atoms with Gasteiger partial charge in [-0.05, 0) is 60.2 Å². The summed E-state index contributed by atoms with van der Waals surface area (Å²) in [5.74, 6) is 0.0960. The average Bonchev–Trinajstić information content (AvgIpc) is 2.83. The van der Waals surface area contributed by atoms with Gasteiger partial charge in [0, 0.05) is 35.4 Å². The summed E-state index contributed by atoms with van der Waals surface area (Å²) in [4.78, 5) is 32.3. The molecule has 4 rings (SSSR count). The van der Waals surface area contributed by atoms with Gasteiger partial charge in [0.15, 0.2) is 0 Å². The van der Waals surface area contributed by atoms with Crippen molar-refractivity contribution in [3.05, 3.63) is 104 Å². The van der Waals surface area contributed by atoms with Crippen LogP contribution >= 0.6 is 27.5 Å². The molecule has 0 unspecified atom stereocenters. The van der Waals surface area contributed by atoms with Gasteiger partial charge in [0.05, 0.1) is 23.1 Å². The number of hydrogen-bond acceptors (Lipinski definition) is 5. The maximum atomic E-state index is 13.4. The summed E-state index contributed by atoms with van der Waals surface area (Å²) in [7, 11) is 3.94. The first kappa shape index (κ1) is 24.7. The molecule has 178 valence electrons. The number of benzene rings is 3. The van der Waals surface area contributed by atoms with Gasteiger partial charge in [0.25, 0.3) is 11.5 Å². The Hall–Kier alpha value is -3.46. The normalized spacial score (nSPS) is 11.2. The van der Waals surface area contributed by atoms with Gasteiger partial charge in [0.1, 0.15) is 5.82 Å². The van der Waals surface area contributed by atoms with Gasteiger partial charge in [-0.3, -0.25) is 19.6 Å². The molecular weight excluding hydrogens is 530 g/mol. The van der Waals surface area contributed by atoms with Crippen molar-refractivity contribution in [3.8, 4) is 5.69 Å². The van der Waals surface area contributed by atoms with Crippen molar-refractivity contribution in [2.24, 2.45) is 0 Å². The molecule has 0 atom stereocenters. The lowest BCUT2D eigenvalue weighted by Gasteiger charge is -2.15. The first-order valence-electron chi connectivity index (χ1n) is 10.8. The number of amides is 1. The Morgan fingerprint density at radius 1 is 1.11 bits per heavy atom. The minimum absolute atomic E-state index is 0.116. The molecule has 3 aromatic carbocycles. The molecule has 7 nitrogen and oxygen atoms in total. The number of aromatic nitrogens is 2. The van der Waals surface area contributed by atoms with E-state index in [1.807, 2.05) is 49.3 Å². The Morgan fingerprint density at radius 2 is 1.89 bits per heavy atom. The standard InChI is InChI=1S/C26H23BrClN5O2/c1-32(2)20-10-6-17(7-11-20)8-13-25(34)31-29-16-24-30-23-12-9-18(27)14-22(23)26(35)33(24)21-5-3-4-19(28)15-21/h3-15,29H,16H2,1-2H3,(H,31,34)/b13-8+. The SMILES string of the molecule is CN(C)c1ccc(/C=C/C(=O)NNCc2nc3ccc(Br)cc3c(=O)n2-c2cccc(Cl)c2)cc1. The molecule has 0 saturated carbocycles. The highest BCUT2D eigenvalue weighted by Crippen LogP contribution is 2.19. The Morgan fingerprint density at radius 3 is 2.60 bits per heavy atom. The molecule has 0 fully saturated rings. The minimum atomic E-state index is -0.331. The second kappa shape index (κ2) is 10.9. The van der Waals surface area contributed by atoms with Crippen LogP contribution in [0.4, 0.5) is 5.69 Å². The number of carbonyl (C=O) groups is 1. The van der Waals surface area contributed by atoms with Gasteiger partial charge in [-0.25, -0.2) is 10.4 Å². The van der Waals surface area contributed by atoms with Crippen LogP contribution in [0.3, 0.4) is 0 Å². The highest BCUT2D eigenvalue weighted by Gasteiger charge is 2.14. The van der Waals surface area contributed by atoms with Crippen LogP contribution in [0.5, 0.6) is 0 Å². The molecule has 1 amide bonds. The van der Waals surface area contributed by atoms with Crippen molar-refractivity contribution in [1.29, 1.82) is 0 Å². The van der Waals surface area contributed by atoms with Crippen molar-refractivity contribution in [2.45, 2.75) is 6.54 Å². The van der Waals surface area contributed by atoms with E-state index in [-0.39, 0.29) is 18.0 Å². The number of rotatable bonds is 7. The fraction of sp³-hybridized carbons (Fsp3) is 0.115. The number of nitrogens with zero attached hydrogens (tertiary/aromatic N) is 3. The van der Waals surface area contributed by atoms with Crippen LogP contribution in [-0.4, -0.2) is 29.6 Å². The summed E-state index contributed by atoms with van der Waals surface area (Å²) in [6, 6.07) is 20.2. The Kier molecular flexibility index (Phi) is 7.65. The summed E-state index contributed by atoms with van der Waals surface area (Å²) >= 11 is 9.58. The largest absolute Gasteiger partial charge is 0.378 e. The molecule has 0 bridgehead atoms. The minimum Gasteiger partial charge on any atom is -0.378 e. The Bertz CT molecular complexity index is 1470. The quantitative estimate of drug-likeness (QED) is 0.257. The maximum absolute atomic E-state index is 13.4. The number of fused-ring (bicyclic) bond motifs is 1. The summed E-state index contributed by atoms with van der Waals surface area (Å²) in [6.45, 7) is 0.116. The van der Waals surface area contributed by atoms with E-state index >= 15 is 0 Å². The molecule has 1 aromatic heterocycles. The van der Waals surface area contributed by atoms with Crippen LogP contribution in [0, 0.1) is 0 Å². The molecular formula is C26H23BrClN5O2. The molecule has 0 radical (unpaired) electrons. The molecule has 35 heavy (non-hydrogen) atoms. The number of halogens is 2. The zero-order chi connectivity index (χ0) is 24.9. The molecule has 0 aliphatic rings. The van der Waals surface area contributed by atoms with Gasteiger partial charge in [-0.15, -0.1) is 0 Å². The Balaban J connectivity index is 1.53. The predicted octanol–water partition coefficient (Wildman–Crippen LogP) is 4.70. The molecule has 2 N–H and O–H groups in total. The monoisotopic (exact) mass is 551 g/mol. The number of nitrogens with one attached hydrogen (secondary N) is 2. The number of anilines is 1. The van der Waals surface area contributed by atoms with Crippen molar-refractivity contribution in [3.63, 3.8) is 0 Å².